The quantitative estimate of drug-likeness (QED) is 0.849. The first-order valence-corrected chi connectivity index (χ1v) is 8.92. The topological polar surface area (TPSA) is 61.9 Å². The molecule has 0 spiro atoms. The van der Waals surface area contributed by atoms with Gasteiger partial charge in [0, 0.05) is 31.7 Å². The lowest BCUT2D eigenvalue weighted by atomic mass is 10.0. The Morgan fingerprint density at radius 2 is 1.72 bits per heavy atom. The summed E-state index contributed by atoms with van der Waals surface area (Å²) in [5.74, 6) is 0.496. The summed E-state index contributed by atoms with van der Waals surface area (Å²) in [6, 6.07) is 6.38. The maximum atomic E-state index is 12.9. The van der Waals surface area contributed by atoms with Crippen LogP contribution < -0.4 is 10.1 Å². The summed E-state index contributed by atoms with van der Waals surface area (Å²) in [7, 11) is 1.58. The van der Waals surface area contributed by atoms with Crippen molar-refractivity contribution in [3.63, 3.8) is 0 Å². The molecule has 1 atom stereocenters. The van der Waals surface area contributed by atoms with Gasteiger partial charge in [0.1, 0.15) is 11.8 Å². The van der Waals surface area contributed by atoms with Gasteiger partial charge >= 0.3 is 0 Å². The molecule has 1 aromatic carbocycles. The summed E-state index contributed by atoms with van der Waals surface area (Å²) in [4.78, 5) is 29.6. The Morgan fingerprint density at radius 1 is 1.12 bits per heavy atom. The van der Waals surface area contributed by atoms with Crippen molar-refractivity contribution in [2.75, 3.05) is 39.8 Å². The van der Waals surface area contributed by atoms with Gasteiger partial charge in [0.15, 0.2) is 0 Å². The monoisotopic (exact) mass is 347 g/mol. The zero-order valence-electron chi connectivity index (χ0n) is 15.6. The first-order valence-electron chi connectivity index (χ1n) is 8.92. The third kappa shape index (κ3) is 4.95. The normalized spacial score (nSPS) is 16.6. The fourth-order valence-electron chi connectivity index (χ4n) is 2.96. The first kappa shape index (κ1) is 19.2. The van der Waals surface area contributed by atoms with E-state index in [0.717, 1.165) is 19.6 Å². The van der Waals surface area contributed by atoms with Crippen molar-refractivity contribution in [3.05, 3.63) is 29.8 Å². The number of nitrogens with one attached hydrogen (secondary N) is 1. The van der Waals surface area contributed by atoms with Gasteiger partial charge in [0.05, 0.1) is 7.11 Å². The molecule has 138 valence electrons. The number of ether oxygens (including phenoxy) is 1. The van der Waals surface area contributed by atoms with Crippen LogP contribution in [0.4, 0.5) is 0 Å². The Hall–Kier alpha value is -2.08. The number of likely N-dealkylation sites (N-methyl/N-ethyl adjacent to an activating group) is 1. The van der Waals surface area contributed by atoms with Crippen LogP contribution in [0.2, 0.25) is 0 Å². The van der Waals surface area contributed by atoms with E-state index >= 15 is 0 Å². The summed E-state index contributed by atoms with van der Waals surface area (Å²) in [6.45, 7) is 10.3. The van der Waals surface area contributed by atoms with Crippen LogP contribution >= 0.6 is 0 Å². The molecule has 0 bridgehead atoms. The molecule has 1 heterocycles. The summed E-state index contributed by atoms with van der Waals surface area (Å²) in [5, 5.41) is 2.91. The number of hydrogen-bond donors (Lipinski definition) is 1. The van der Waals surface area contributed by atoms with Gasteiger partial charge in [-0.15, -0.1) is 0 Å². The third-order valence-corrected chi connectivity index (χ3v) is 4.70. The van der Waals surface area contributed by atoms with Crippen LogP contribution in [0.1, 0.15) is 31.1 Å². The van der Waals surface area contributed by atoms with Crippen molar-refractivity contribution in [2.45, 2.75) is 26.8 Å². The van der Waals surface area contributed by atoms with Crippen LogP contribution in [0.3, 0.4) is 0 Å². The smallest absolute Gasteiger partial charge is 0.251 e. The molecule has 2 rings (SSSR count). The molecule has 2 amide bonds. The van der Waals surface area contributed by atoms with Crippen molar-refractivity contribution < 1.29 is 14.3 Å². The largest absolute Gasteiger partial charge is 0.497 e. The summed E-state index contributed by atoms with van der Waals surface area (Å²) in [5.41, 5.74) is 0.523. The SMILES string of the molecule is CCN1CCN(C(=O)[C@@H](NC(=O)c2ccc(OC)cc2)C(C)C)CC1. The molecule has 1 aliphatic rings. The minimum Gasteiger partial charge on any atom is -0.497 e. The van der Waals surface area contributed by atoms with Crippen LogP contribution in [0.15, 0.2) is 24.3 Å². The molecule has 0 unspecified atom stereocenters. The van der Waals surface area contributed by atoms with E-state index in [1.54, 1.807) is 31.4 Å². The highest BCUT2D eigenvalue weighted by Gasteiger charge is 2.30. The molecule has 25 heavy (non-hydrogen) atoms. The van der Waals surface area contributed by atoms with Crippen LogP contribution in [-0.4, -0.2) is 67.5 Å². The van der Waals surface area contributed by atoms with E-state index in [0.29, 0.717) is 24.4 Å². The molecular weight excluding hydrogens is 318 g/mol. The molecule has 1 fully saturated rings. The maximum Gasteiger partial charge on any atom is 0.251 e. The van der Waals surface area contributed by atoms with E-state index < -0.39 is 6.04 Å². The van der Waals surface area contributed by atoms with Crippen LogP contribution in [0, 0.1) is 5.92 Å². The molecule has 1 aliphatic heterocycles. The molecule has 1 N–H and O–H groups in total. The number of methoxy groups -OCH3 is 1. The summed E-state index contributed by atoms with van der Waals surface area (Å²) < 4.78 is 5.11. The molecule has 1 aromatic rings. The van der Waals surface area contributed by atoms with Crippen LogP contribution in [-0.2, 0) is 4.79 Å². The standard InChI is InChI=1S/C19H29N3O3/c1-5-21-10-12-22(13-11-21)19(24)17(14(2)3)20-18(23)15-6-8-16(25-4)9-7-15/h6-9,14,17H,5,10-13H2,1-4H3,(H,20,23)/t17-/m0/s1. The Kier molecular flexibility index (Phi) is 6.82. The maximum absolute atomic E-state index is 12.9. The number of benzene rings is 1. The second-order valence-corrected chi connectivity index (χ2v) is 6.68. The molecule has 0 aromatic heterocycles. The van der Waals surface area contributed by atoms with Gasteiger partial charge in [-0.3, -0.25) is 9.59 Å². The van der Waals surface area contributed by atoms with Crippen molar-refractivity contribution in [2.24, 2.45) is 5.92 Å². The van der Waals surface area contributed by atoms with Crippen LogP contribution in [0.5, 0.6) is 5.75 Å². The van der Waals surface area contributed by atoms with E-state index in [-0.39, 0.29) is 17.7 Å². The molecule has 0 radical (unpaired) electrons. The fourth-order valence-corrected chi connectivity index (χ4v) is 2.96. The number of carbonyl (C=O) groups is 2. The minimum absolute atomic E-state index is 0.00705. The van der Waals surface area contributed by atoms with Crippen molar-refractivity contribution in [3.8, 4) is 5.75 Å². The Labute approximate surface area is 150 Å². The lowest BCUT2D eigenvalue weighted by Crippen LogP contribution is -2.56. The number of rotatable bonds is 6. The van der Waals surface area contributed by atoms with Gasteiger partial charge < -0.3 is 19.9 Å². The van der Waals surface area contributed by atoms with E-state index in [2.05, 4.69) is 17.1 Å². The zero-order valence-corrected chi connectivity index (χ0v) is 15.6. The average Bonchev–Trinajstić information content (AvgIpc) is 2.65. The predicted molar refractivity (Wildman–Crippen MR) is 97.8 cm³/mol. The molecule has 0 aliphatic carbocycles. The van der Waals surface area contributed by atoms with E-state index in [1.807, 2.05) is 18.7 Å². The lowest BCUT2D eigenvalue weighted by Gasteiger charge is -2.36. The van der Waals surface area contributed by atoms with Crippen molar-refractivity contribution in [1.82, 2.24) is 15.1 Å². The van der Waals surface area contributed by atoms with Gasteiger partial charge in [-0.1, -0.05) is 20.8 Å². The Bertz CT molecular complexity index is 578. The highest BCUT2D eigenvalue weighted by atomic mass is 16.5. The molecule has 6 nitrogen and oxygen atoms in total. The Morgan fingerprint density at radius 3 is 2.20 bits per heavy atom. The number of carbonyl (C=O) groups excluding carboxylic acids is 2. The highest BCUT2D eigenvalue weighted by Crippen LogP contribution is 2.14. The van der Waals surface area contributed by atoms with Gasteiger partial charge in [0.2, 0.25) is 5.91 Å². The number of hydrogen-bond acceptors (Lipinski definition) is 4. The summed E-state index contributed by atoms with van der Waals surface area (Å²) >= 11 is 0. The molecular formula is C19H29N3O3. The second kappa shape index (κ2) is 8.85. The molecule has 1 saturated heterocycles. The summed E-state index contributed by atoms with van der Waals surface area (Å²) in [6.07, 6.45) is 0. The van der Waals surface area contributed by atoms with E-state index in [1.165, 1.54) is 0 Å². The van der Waals surface area contributed by atoms with E-state index in [9.17, 15) is 9.59 Å². The average molecular weight is 347 g/mol. The molecule has 0 saturated carbocycles. The lowest BCUT2D eigenvalue weighted by molar-refractivity contribution is -0.136. The van der Waals surface area contributed by atoms with Crippen molar-refractivity contribution in [1.29, 1.82) is 0 Å². The number of amides is 2. The number of piperazine rings is 1. The van der Waals surface area contributed by atoms with Crippen molar-refractivity contribution >= 4 is 11.8 Å². The third-order valence-electron chi connectivity index (χ3n) is 4.70. The van der Waals surface area contributed by atoms with Gasteiger partial charge in [-0.25, -0.2) is 0 Å². The first-order chi connectivity index (χ1) is 12.0. The zero-order chi connectivity index (χ0) is 18.4. The second-order valence-electron chi connectivity index (χ2n) is 6.68. The van der Waals surface area contributed by atoms with Gasteiger partial charge in [0.25, 0.3) is 5.91 Å². The molecule has 6 heteroatoms. The fraction of sp³-hybridized carbons (Fsp3) is 0.579. The highest BCUT2D eigenvalue weighted by molar-refractivity contribution is 5.97. The van der Waals surface area contributed by atoms with Crippen LogP contribution in [0.25, 0.3) is 0 Å². The predicted octanol–water partition coefficient (Wildman–Crippen LogP) is 1.61. The van der Waals surface area contributed by atoms with Gasteiger partial charge in [-0.2, -0.15) is 0 Å². The Balaban J connectivity index is 2.02. The van der Waals surface area contributed by atoms with E-state index in [4.69, 9.17) is 4.74 Å². The van der Waals surface area contributed by atoms with Gasteiger partial charge in [-0.05, 0) is 36.7 Å². The minimum atomic E-state index is -0.511. The number of nitrogens with zero attached hydrogens (tertiary/aromatic N) is 2.